The van der Waals surface area contributed by atoms with Gasteiger partial charge in [0.15, 0.2) is 28.5 Å². The first kappa shape index (κ1) is 22.8. The Labute approximate surface area is 195 Å². The zero-order valence-corrected chi connectivity index (χ0v) is 19.2. The van der Waals surface area contributed by atoms with E-state index in [2.05, 4.69) is 0 Å². The molecule has 4 rings (SSSR count). The molecular formula is C25H24N2O7. The smallest absolute Gasteiger partial charge is 0.357 e. The first-order valence-electron chi connectivity index (χ1n) is 10.4. The predicted molar refractivity (Wildman–Crippen MR) is 126 cm³/mol. The third-order valence-corrected chi connectivity index (χ3v) is 5.37. The van der Waals surface area contributed by atoms with Crippen LogP contribution >= 0.6 is 0 Å². The van der Waals surface area contributed by atoms with E-state index < -0.39 is 5.56 Å². The number of benzene rings is 3. The number of ether oxygens (including phenoxy) is 4. The first-order valence-corrected chi connectivity index (χ1v) is 10.4. The molecule has 1 heterocycles. The number of methoxy groups -OCH3 is 4. The highest BCUT2D eigenvalue weighted by Gasteiger charge is 2.24. The van der Waals surface area contributed by atoms with Crippen molar-refractivity contribution in [2.24, 2.45) is 0 Å². The summed E-state index contributed by atoms with van der Waals surface area (Å²) in [6.45, 7) is 0.0541. The van der Waals surface area contributed by atoms with Crippen LogP contribution in [0.3, 0.4) is 0 Å². The monoisotopic (exact) mass is 464 g/mol. The van der Waals surface area contributed by atoms with Crippen LogP contribution in [-0.2, 0) is 6.61 Å². The minimum absolute atomic E-state index is 0.0541. The third kappa shape index (κ3) is 4.03. The fourth-order valence-corrected chi connectivity index (χ4v) is 3.68. The second-order valence-corrected chi connectivity index (χ2v) is 7.26. The van der Waals surface area contributed by atoms with Crippen molar-refractivity contribution >= 4 is 11.0 Å². The number of aromatic nitrogens is 2. The highest BCUT2D eigenvalue weighted by Crippen LogP contribution is 2.31. The Morgan fingerprint density at radius 1 is 0.794 bits per heavy atom. The van der Waals surface area contributed by atoms with E-state index in [1.165, 1.54) is 14.2 Å². The van der Waals surface area contributed by atoms with Gasteiger partial charge in [-0.2, -0.15) is 4.73 Å². The lowest BCUT2D eigenvalue weighted by molar-refractivity contribution is -0.566. The molecule has 0 aliphatic carbocycles. The number of fused-ring (bicyclic) bond motifs is 1. The van der Waals surface area contributed by atoms with Gasteiger partial charge in [-0.25, -0.2) is 0 Å². The normalized spacial score (nSPS) is 10.7. The average Bonchev–Trinajstić information content (AvgIpc) is 2.88. The fourth-order valence-electron chi connectivity index (χ4n) is 3.68. The van der Waals surface area contributed by atoms with Crippen molar-refractivity contribution in [3.8, 4) is 34.3 Å². The van der Waals surface area contributed by atoms with Gasteiger partial charge in [0, 0.05) is 6.07 Å². The van der Waals surface area contributed by atoms with Crippen molar-refractivity contribution in [2.45, 2.75) is 6.61 Å². The van der Waals surface area contributed by atoms with Gasteiger partial charge in [-0.3, -0.25) is 4.79 Å². The molecule has 0 fully saturated rings. The zero-order valence-electron chi connectivity index (χ0n) is 19.2. The fraction of sp³-hybridized carbons (Fsp3) is 0.200. The Kier molecular flexibility index (Phi) is 6.44. The molecule has 0 aliphatic heterocycles. The molecule has 0 unspecified atom stereocenters. The Hall–Kier alpha value is -4.40. The Morgan fingerprint density at radius 2 is 1.41 bits per heavy atom. The van der Waals surface area contributed by atoms with Gasteiger partial charge < -0.3 is 29.0 Å². The minimum Gasteiger partial charge on any atom is -0.618 e. The van der Waals surface area contributed by atoms with Crippen LogP contribution in [0.2, 0.25) is 0 Å². The van der Waals surface area contributed by atoms with Crippen molar-refractivity contribution < 1.29 is 28.5 Å². The molecule has 0 saturated heterocycles. The molecule has 0 spiro atoms. The molecular weight excluding hydrogens is 440 g/mol. The number of hydrogen-bond acceptors (Lipinski definition) is 7. The van der Waals surface area contributed by atoms with Crippen molar-refractivity contribution in [1.82, 2.24) is 4.73 Å². The van der Waals surface area contributed by atoms with Gasteiger partial charge in [0.2, 0.25) is 5.52 Å². The molecule has 9 heteroatoms. The Bertz CT molecular complexity index is 1400. The highest BCUT2D eigenvalue weighted by molar-refractivity contribution is 5.73. The van der Waals surface area contributed by atoms with Crippen molar-refractivity contribution in [2.75, 3.05) is 28.4 Å². The quantitative estimate of drug-likeness (QED) is 0.292. The summed E-state index contributed by atoms with van der Waals surface area (Å²) in [5.41, 5.74) is 1.02. The summed E-state index contributed by atoms with van der Waals surface area (Å²) >= 11 is 0. The van der Waals surface area contributed by atoms with Gasteiger partial charge in [0.25, 0.3) is 5.69 Å². The summed E-state index contributed by atoms with van der Waals surface area (Å²) in [6, 6.07) is 16.9. The van der Waals surface area contributed by atoms with Crippen LogP contribution in [0.1, 0.15) is 5.56 Å². The Morgan fingerprint density at radius 3 is 2.09 bits per heavy atom. The van der Waals surface area contributed by atoms with Crippen molar-refractivity contribution in [3.63, 3.8) is 0 Å². The molecule has 0 bridgehead atoms. The predicted octanol–water partition coefficient (Wildman–Crippen LogP) is 2.97. The molecule has 0 saturated carbocycles. The molecule has 9 nitrogen and oxygen atoms in total. The average molecular weight is 464 g/mol. The Balaban J connectivity index is 1.83. The van der Waals surface area contributed by atoms with Gasteiger partial charge >= 0.3 is 5.56 Å². The molecule has 0 radical (unpaired) electrons. The summed E-state index contributed by atoms with van der Waals surface area (Å²) in [7, 11) is 6.09. The highest BCUT2D eigenvalue weighted by atomic mass is 16.7. The lowest BCUT2D eigenvalue weighted by atomic mass is 10.1. The lowest BCUT2D eigenvalue weighted by Gasteiger charge is -2.15. The number of nitrogens with zero attached hydrogens (tertiary/aromatic N) is 2. The van der Waals surface area contributed by atoms with E-state index in [4.69, 9.17) is 23.8 Å². The lowest BCUT2D eigenvalue weighted by Crippen LogP contribution is -2.42. The van der Waals surface area contributed by atoms with Gasteiger partial charge in [-0.05, 0) is 42.0 Å². The van der Waals surface area contributed by atoms with Crippen LogP contribution in [-0.4, -0.2) is 33.2 Å². The maximum Gasteiger partial charge on any atom is 0.357 e. The molecule has 176 valence electrons. The van der Waals surface area contributed by atoms with E-state index in [0.717, 1.165) is 10.3 Å². The molecule has 4 aromatic rings. The zero-order chi connectivity index (χ0) is 24.2. The molecule has 0 N–H and O–H groups in total. The van der Waals surface area contributed by atoms with E-state index in [9.17, 15) is 10.0 Å². The van der Waals surface area contributed by atoms with E-state index in [0.29, 0.717) is 38.8 Å². The largest absolute Gasteiger partial charge is 0.618 e. The van der Waals surface area contributed by atoms with Crippen LogP contribution in [0.5, 0.6) is 23.0 Å². The van der Waals surface area contributed by atoms with Crippen LogP contribution in [0.25, 0.3) is 22.3 Å². The summed E-state index contributed by atoms with van der Waals surface area (Å²) in [5, 5.41) is 13.2. The maximum atomic E-state index is 13.5. The summed E-state index contributed by atoms with van der Waals surface area (Å²) < 4.78 is 23.0. The summed E-state index contributed by atoms with van der Waals surface area (Å²) in [6.07, 6.45) is 0. The van der Waals surface area contributed by atoms with Gasteiger partial charge in [0.05, 0.1) is 34.0 Å². The molecule has 0 atom stereocenters. The van der Waals surface area contributed by atoms with Crippen LogP contribution in [0.4, 0.5) is 0 Å². The molecule has 1 aromatic heterocycles. The van der Waals surface area contributed by atoms with Crippen LogP contribution in [0.15, 0.2) is 65.5 Å². The second-order valence-electron chi connectivity index (χ2n) is 7.26. The van der Waals surface area contributed by atoms with E-state index in [-0.39, 0.29) is 17.8 Å². The van der Waals surface area contributed by atoms with E-state index >= 15 is 0 Å². The standard InChI is InChI=1S/C25H24N2O7/c1-30-20-11-9-16(13-22(20)32-3)15-34-27-19-8-6-5-7-18(19)26(29)24(25(27)28)17-10-12-21(31-2)23(14-17)33-4/h5-14H,15H2,1-4H3. The number of para-hydroxylation sites is 2. The maximum absolute atomic E-state index is 13.5. The molecule has 34 heavy (non-hydrogen) atoms. The molecule has 3 aromatic carbocycles. The van der Waals surface area contributed by atoms with E-state index in [1.807, 2.05) is 0 Å². The third-order valence-electron chi connectivity index (χ3n) is 5.37. The number of rotatable bonds is 8. The van der Waals surface area contributed by atoms with Gasteiger partial charge in [0.1, 0.15) is 6.61 Å². The van der Waals surface area contributed by atoms with Crippen LogP contribution in [0, 0.1) is 5.21 Å². The van der Waals surface area contributed by atoms with Gasteiger partial charge in [-0.1, -0.05) is 18.2 Å². The molecule has 0 aliphatic rings. The van der Waals surface area contributed by atoms with Crippen LogP contribution < -0.4 is 34.1 Å². The van der Waals surface area contributed by atoms with Gasteiger partial charge in [-0.15, -0.1) is 4.73 Å². The van der Waals surface area contributed by atoms with Crippen molar-refractivity contribution in [3.05, 3.63) is 81.8 Å². The molecule has 0 amide bonds. The second kappa shape index (κ2) is 9.62. The van der Waals surface area contributed by atoms with E-state index in [1.54, 1.807) is 74.9 Å². The SMILES string of the molecule is COc1ccc(COn2c(=O)c(-c3ccc(OC)c(OC)c3)[n+]([O-])c3ccccc32)cc1OC. The topological polar surface area (TPSA) is 95.1 Å². The number of hydrogen-bond donors (Lipinski definition) is 0. The minimum atomic E-state index is -0.610. The van der Waals surface area contributed by atoms with Crippen molar-refractivity contribution in [1.29, 1.82) is 0 Å². The summed E-state index contributed by atoms with van der Waals surface area (Å²) in [4.78, 5) is 19.4. The summed E-state index contributed by atoms with van der Waals surface area (Å²) in [5.74, 6) is 1.99. The first-order chi connectivity index (χ1) is 16.5.